The highest BCUT2D eigenvalue weighted by Crippen LogP contribution is 2.22. The summed E-state index contributed by atoms with van der Waals surface area (Å²) >= 11 is 1.69. The van der Waals surface area contributed by atoms with Crippen molar-refractivity contribution in [1.82, 2.24) is 15.3 Å². The van der Waals surface area contributed by atoms with Gasteiger partial charge in [0.05, 0.1) is 24.0 Å². The molecule has 0 saturated carbocycles. The van der Waals surface area contributed by atoms with Gasteiger partial charge in [0.2, 0.25) is 0 Å². The number of hydrogen-bond acceptors (Lipinski definition) is 5. The molecular formula is C14H19N3OS. The van der Waals surface area contributed by atoms with Gasteiger partial charge < -0.3 is 10.1 Å². The molecule has 0 amide bonds. The van der Waals surface area contributed by atoms with Crippen LogP contribution in [0.5, 0.6) is 5.75 Å². The predicted molar refractivity (Wildman–Crippen MR) is 77.8 cm³/mol. The molecule has 0 aliphatic carbocycles. The third-order valence-electron chi connectivity index (χ3n) is 2.90. The number of hydrogen-bond donors (Lipinski definition) is 1. The molecule has 102 valence electrons. The van der Waals surface area contributed by atoms with E-state index in [4.69, 9.17) is 4.74 Å². The molecule has 1 atom stereocenters. The summed E-state index contributed by atoms with van der Waals surface area (Å²) in [6.07, 6.45) is 4.47. The van der Waals surface area contributed by atoms with Crippen LogP contribution in [0.25, 0.3) is 0 Å². The Balaban J connectivity index is 2.18. The fourth-order valence-electron chi connectivity index (χ4n) is 2.00. The number of ether oxygens (including phenoxy) is 1. The van der Waals surface area contributed by atoms with E-state index in [9.17, 15) is 0 Å². The number of aromatic nitrogens is 2. The van der Waals surface area contributed by atoms with Crippen LogP contribution in [0.3, 0.4) is 0 Å². The van der Waals surface area contributed by atoms with Crippen molar-refractivity contribution in [3.8, 4) is 5.75 Å². The third-order valence-corrected chi connectivity index (χ3v) is 3.73. The summed E-state index contributed by atoms with van der Waals surface area (Å²) in [4.78, 5) is 8.75. The smallest absolute Gasteiger partial charge is 0.137 e. The molecule has 1 unspecified atom stereocenters. The Labute approximate surface area is 117 Å². The van der Waals surface area contributed by atoms with Gasteiger partial charge in [0.15, 0.2) is 0 Å². The fourth-order valence-corrected chi connectivity index (χ4v) is 2.63. The van der Waals surface area contributed by atoms with Crippen molar-refractivity contribution in [1.29, 1.82) is 0 Å². The minimum atomic E-state index is 0.217. The molecule has 0 spiro atoms. The van der Waals surface area contributed by atoms with E-state index in [1.165, 1.54) is 0 Å². The predicted octanol–water partition coefficient (Wildman–Crippen LogP) is 2.75. The Kier molecular flexibility index (Phi) is 4.87. The lowest BCUT2D eigenvalue weighted by molar-refractivity contribution is 0.410. The monoisotopic (exact) mass is 277 g/mol. The quantitative estimate of drug-likeness (QED) is 0.882. The van der Waals surface area contributed by atoms with Crippen molar-refractivity contribution in [2.24, 2.45) is 0 Å². The molecular weight excluding hydrogens is 258 g/mol. The fraction of sp³-hybridized carbons (Fsp3) is 0.429. The summed E-state index contributed by atoms with van der Waals surface area (Å²) in [5.41, 5.74) is 2.25. The summed E-state index contributed by atoms with van der Waals surface area (Å²) in [6, 6.07) is 2.24. The van der Waals surface area contributed by atoms with Gasteiger partial charge in [-0.25, -0.2) is 4.98 Å². The Morgan fingerprint density at radius 2 is 2.26 bits per heavy atom. The van der Waals surface area contributed by atoms with Crippen molar-refractivity contribution in [2.75, 3.05) is 13.7 Å². The lowest BCUT2D eigenvalue weighted by Gasteiger charge is -2.17. The zero-order chi connectivity index (χ0) is 13.7. The summed E-state index contributed by atoms with van der Waals surface area (Å²) in [7, 11) is 1.66. The van der Waals surface area contributed by atoms with Crippen LogP contribution in [-0.2, 0) is 6.42 Å². The molecule has 1 N–H and O–H groups in total. The molecule has 2 aromatic heterocycles. The molecule has 5 heteroatoms. The maximum absolute atomic E-state index is 5.23. The summed E-state index contributed by atoms with van der Waals surface area (Å²) < 4.78 is 5.23. The van der Waals surface area contributed by atoms with Crippen LogP contribution < -0.4 is 10.1 Å². The molecule has 0 saturated heterocycles. The molecule has 0 bridgehead atoms. The molecule has 2 aromatic rings. The van der Waals surface area contributed by atoms with E-state index in [0.717, 1.165) is 35.0 Å². The van der Waals surface area contributed by atoms with Crippen LogP contribution in [0.1, 0.15) is 29.2 Å². The van der Waals surface area contributed by atoms with Gasteiger partial charge in [-0.15, -0.1) is 11.3 Å². The second-order valence-corrected chi connectivity index (χ2v) is 5.39. The summed E-state index contributed by atoms with van der Waals surface area (Å²) in [5.74, 6) is 0.787. The van der Waals surface area contributed by atoms with Crippen LogP contribution >= 0.6 is 11.3 Å². The van der Waals surface area contributed by atoms with Gasteiger partial charge in [-0.05, 0) is 25.1 Å². The SMILES string of the molecule is CCNC(Cc1csc(C)n1)c1cncc(OC)c1. The van der Waals surface area contributed by atoms with Crippen LogP contribution in [0.15, 0.2) is 23.8 Å². The zero-order valence-corrected chi connectivity index (χ0v) is 12.3. The van der Waals surface area contributed by atoms with Gasteiger partial charge in [0.1, 0.15) is 5.75 Å². The van der Waals surface area contributed by atoms with Crippen molar-refractivity contribution in [3.05, 3.63) is 40.1 Å². The molecule has 4 nitrogen and oxygen atoms in total. The lowest BCUT2D eigenvalue weighted by Crippen LogP contribution is -2.23. The van der Waals surface area contributed by atoms with Gasteiger partial charge in [-0.3, -0.25) is 4.98 Å². The van der Waals surface area contributed by atoms with E-state index in [0.29, 0.717) is 0 Å². The van der Waals surface area contributed by atoms with Gasteiger partial charge in [0, 0.05) is 24.0 Å². The normalized spacial score (nSPS) is 12.4. The van der Waals surface area contributed by atoms with Gasteiger partial charge in [-0.1, -0.05) is 6.92 Å². The largest absolute Gasteiger partial charge is 0.495 e. The average molecular weight is 277 g/mol. The number of rotatable bonds is 6. The average Bonchev–Trinajstić information content (AvgIpc) is 2.84. The van der Waals surface area contributed by atoms with Crippen molar-refractivity contribution < 1.29 is 4.74 Å². The summed E-state index contributed by atoms with van der Waals surface area (Å²) in [5, 5.41) is 6.70. The van der Waals surface area contributed by atoms with E-state index < -0.39 is 0 Å². The Morgan fingerprint density at radius 1 is 1.42 bits per heavy atom. The Morgan fingerprint density at radius 3 is 2.89 bits per heavy atom. The minimum Gasteiger partial charge on any atom is -0.495 e. The third kappa shape index (κ3) is 3.75. The molecule has 0 fully saturated rings. The number of methoxy groups -OCH3 is 1. The number of thiazole rings is 1. The first-order valence-corrected chi connectivity index (χ1v) is 7.24. The molecule has 2 heterocycles. The number of nitrogens with one attached hydrogen (secondary N) is 1. The van der Waals surface area contributed by atoms with Crippen molar-refractivity contribution >= 4 is 11.3 Å². The molecule has 0 aliphatic heterocycles. The van der Waals surface area contributed by atoms with Gasteiger partial charge in [-0.2, -0.15) is 0 Å². The molecule has 19 heavy (non-hydrogen) atoms. The Bertz CT molecular complexity index is 527. The summed E-state index contributed by atoms with van der Waals surface area (Å²) in [6.45, 7) is 5.04. The molecule has 0 radical (unpaired) electrons. The first-order valence-electron chi connectivity index (χ1n) is 6.36. The van der Waals surface area contributed by atoms with Crippen molar-refractivity contribution in [3.63, 3.8) is 0 Å². The highest BCUT2D eigenvalue weighted by Gasteiger charge is 2.14. The number of pyridine rings is 1. The molecule has 2 rings (SSSR count). The number of aryl methyl sites for hydroxylation is 1. The maximum atomic E-state index is 5.23. The maximum Gasteiger partial charge on any atom is 0.137 e. The Hall–Kier alpha value is -1.46. The van der Waals surface area contributed by atoms with Crippen LogP contribution in [0, 0.1) is 6.92 Å². The first-order chi connectivity index (χ1) is 9.22. The molecule has 0 aliphatic rings. The topological polar surface area (TPSA) is 47.0 Å². The number of nitrogens with zero attached hydrogens (tertiary/aromatic N) is 2. The van der Waals surface area contributed by atoms with Crippen LogP contribution in [-0.4, -0.2) is 23.6 Å². The molecule has 0 aromatic carbocycles. The standard InChI is InChI=1S/C14H19N3OS/c1-4-16-14(6-12-9-19-10(2)17-12)11-5-13(18-3)8-15-7-11/h5,7-9,14,16H,4,6H2,1-3H3. The minimum absolute atomic E-state index is 0.217. The second kappa shape index (κ2) is 6.63. The van der Waals surface area contributed by atoms with E-state index in [1.54, 1.807) is 24.6 Å². The highest BCUT2D eigenvalue weighted by molar-refractivity contribution is 7.09. The lowest BCUT2D eigenvalue weighted by atomic mass is 10.0. The number of likely N-dealkylation sites (N-methyl/N-ethyl adjacent to an activating group) is 1. The van der Waals surface area contributed by atoms with Gasteiger partial charge >= 0.3 is 0 Å². The van der Waals surface area contributed by atoms with Crippen molar-refractivity contribution in [2.45, 2.75) is 26.3 Å². The second-order valence-electron chi connectivity index (χ2n) is 4.33. The highest BCUT2D eigenvalue weighted by atomic mass is 32.1. The van der Waals surface area contributed by atoms with E-state index >= 15 is 0 Å². The van der Waals surface area contributed by atoms with Crippen LogP contribution in [0.2, 0.25) is 0 Å². The van der Waals surface area contributed by atoms with E-state index in [-0.39, 0.29) is 6.04 Å². The van der Waals surface area contributed by atoms with Crippen LogP contribution in [0.4, 0.5) is 0 Å². The van der Waals surface area contributed by atoms with E-state index in [1.807, 2.05) is 19.2 Å². The zero-order valence-electron chi connectivity index (χ0n) is 11.5. The van der Waals surface area contributed by atoms with E-state index in [2.05, 4.69) is 27.6 Å². The first kappa shape index (κ1) is 14.0. The van der Waals surface area contributed by atoms with Gasteiger partial charge in [0.25, 0.3) is 0 Å².